The topological polar surface area (TPSA) is 27.0 Å². The van der Waals surface area contributed by atoms with Crippen LogP contribution < -0.4 is 4.90 Å². The van der Waals surface area contributed by atoms with Crippen LogP contribution in [0.1, 0.15) is 22.3 Å². The molecule has 0 saturated heterocycles. The Morgan fingerprint density at radius 1 is 0.767 bits per heavy atom. The maximum Gasteiger partial charge on any atom is 0.421 e. The van der Waals surface area contributed by atoms with Crippen LogP contribution in [0.5, 0.6) is 0 Å². The Morgan fingerprint density at radius 2 is 1.27 bits per heavy atom. The standard InChI is InChI=1S/C22H12F6N2/c23-18-14(11-29)19(24)20(25)21(17(18)22(26,27)28)30-15-7-3-1-5-12(15)9-10-13-6-2-4-8-16(13)30/h1-8H,9-10H2. The van der Waals surface area contributed by atoms with E-state index in [1.807, 2.05) is 0 Å². The second-order valence-electron chi connectivity index (χ2n) is 6.74. The largest absolute Gasteiger partial charge is 0.421 e. The molecule has 0 radical (unpaired) electrons. The van der Waals surface area contributed by atoms with Gasteiger partial charge >= 0.3 is 6.18 Å². The lowest BCUT2D eigenvalue weighted by molar-refractivity contribution is -0.139. The van der Waals surface area contributed by atoms with E-state index in [1.54, 1.807) is 36.4 Å². The van der Waals surface area contributed by atoms with Crippen LogP contribution in [0.3, 0.4) is 0 Å². The summed E-state index contributed by atoms with van der Waals surface area (Å²) in [6.07, 6.45) is -4.50. The molecule has 0 unspecified atom stereocenters. The highest BCUT2D eigenvalue weighted by molar-refractivity contribution is 5.84. The lowest BCUT2D eigenvalue weighted by Crippen LogP contribution is -2.22. The first-order chi connectivity index (χ1) is 14.3. The molecule has 1 aliphatic heterocycles. The minimum Gasteiger partial charge on any atom is -0.306 e. The number of benzene rings is 3. The number of nitriles is 1. The zero-order chi connectivity index (χ0) is 21.6. The fourth-order valence-corrected chi connectivity index (χ4v) is 3.74. The molecule has 3 aromatic rings. The lowest BCUT2D eigenvalue weighted by Gasteiger charge is -2.30. The van der Waals surface area contributed by atoms with E-state index >= 15 is 4.39 Å². The van der Waals surface area contributed by atoms with Crippen LogP contribution in [-0.4, -0.2) is 0 Å². The monoisotopic (exact) mass is 418 g/mol. The van der Waals surface area contributed by atoms with Crippen molar-refractivity contribution in [1.82, 2.24) is 0 Å². The number of alkyl halides is 3. The number of anilines is 3. The molecule has 30 heavy (non-hydrogen) atoms. The molecular weight excluding hydrogens is 406 g/mol. The minimum absolute atomic E-state index is 0.176. The predicted molar refractivity (Wildman–Crippen MR) is 98.1 cm³/mol. The Morgan fingerprint density at radius 3 is 1.73 bits per heavy atom. The third-order valence-electron chi connectivity index (χ3n) is 5.04. The van der Waals surface area contributed by atoms with Crippen LogP contribution in [-0.2, 0) is 19.0 Å². The van der Waals surface area contributed by atoms with E-state index in [2.05, 4.69) is 0 Å². The van der Waals surface area contributed by atoms with Gasteiger partial charge < -0.3 is 4.90 Å². The number of aryl methyl sites for hydroxylation is 2. The number of halogens is 6. The van der Waals surface area contributed by atoms with Gasteiger partial charge in [-0.3, -0.25) is 0 Å². The van der Waals surface area contributed by atoms with Crippen molar-refractivity contribution in [3.63, 3.8) is 0 Å². The molecule has 152 valence electrons. The molecule has 1 heterocycles. The highest BCUT2D eigenvalue weighted by Crippen LogP contribution is 2.49. The summed E-state index contributed by atoms with van der Waals surface area (Å²) in [4.78, 5) is 0.892. The molecule has 4 rings (SSSR count). The van der Waals surface area contributed by atoms with Crippen LogP contribution in [0.15, 0.2) is 48.5 Å². The van der Waals surface area contributed by atoms with Gasteiger partial charge in [0.05, 0.1) is 0 Å². The van der Waals surface area contributed by atoms with Crippen LogP contribution in [0.4, 0.5) is 43.4 Å². The summed E-state index contributed by atoms with van der Waals surface area (Å²) in [5.41, 5.74) is -3.41. The smallest absolute Gasteiger partial charge is 0.306 e. The highest BCUT2D eigenvalue weighted by Gasteiger charge is 2.44. The second-order valence-corrected chi connectivity index (χ2v) is 6.74. The van der Waals surface area contributed by atoms with Crippen molar-refractivity contribution in [3.8, 4) is 6.07 Å². The predicted octanol–water partition coefficient (Wildman–Crippen LogP) is 6.56. The maximum atomic E-state index is 15.1. The van der Waals surface area contributed by atoms with E-state index in [9.17, 15) is 22.0 Å². The molecular formula is C22H12F6N2. The number of hydrogen-bond donors (Lipinski definition) is 0. The Balaban J connectivity index is 2.18. The fourth-order valence-electron chi connectivity index (χ4n) is 3.74. The van der Waals surface area contributed by atoms with Gasteiger partial charge in [0.1, 0.15) is 22.9 Å². The van der Waals surface area contributed by atoms with Gasteiger partial charge in [-0.05, 0) is 36.1 Å². The average molecular weight is 418 g/mol. The molecule has 0 spiro atoms. The SMILES string of the molecule is N#Cc1c(F)c(F)c(N2c3ccccc3CCc3ccccc32)c(C(F)(F)F)c1F. The summed E-state index contributed by atoms with van der Waals surface area (Å²) in [6.45, 7) is 0. The van der Waals surface area contributed by atoms with Gasteiger partial charge in [0, 0.05) is 11.4 Å². The van der Waals surface area contributed by atoms with Crippen LogP contribution in [0.25, 0.3) is 0 Å². The van der Waals surface area contributed by atoms with Crippen molar-refractivity contribution >= 4 is 17.1 Å². The Bertz CT molecular complexity index is 1150. The molecule has 8 heteroatoms. The quantitative estimate of drug-likeness (QED) is 0.330. The first kappa shape index (κ1) is 19.8. The van der Waals surface area contributed by atoms with Crippen molar-refractivity contribution in [2.75, 3.05) is 4.90 Å². The molecule has 0 aliphatic carbocycles. The number of nitrogens with zero attached hydrogens (tertiary/aromatic N) is 2. The van der Waals surface area contributed by atoms with Gasteiger partial charge in [0.2, 0.25) is 0 Å². The molecule has 0 bridgehead atoms. The number of hydrogen-bond acceptors (Lipinski definition) is 2. The van der Waals surface area contributed by atoms with Gasteiger partial charge in [0.25, 0.3) is 0 Å². The Labute approximate surface area is 167 Å². The average Bonchev–Trinajstić information content (AvgIpc) is 2.87. The van der Waals surface area contributed by atoms with E-state index < -0.39 is 40.4 Å². The van der Waals surface area contributed by atoms with Crippen molar-refractivity contribution in [3.05, 3.63) is 88.2 Å². The zero-order valence-corrected chi connectivity index (χ0v) is 15.2. The van der Waals surface area contributed by atoms with Crippen LogP contribution >= 0.6 is 0 Å². The molecule has 0 fully saturated rings. The molecule has 0 amide bonds. The van der Waals surface area contributed by atoms with Gasteiger partial charge in [-0.2, -0.15) is 18.4 Å². The van der Waals surface area contributed by atoms with E-state index in [1.165, 1.54) is 12.1 Å². The number of rotatable bonds is 1. The van der Waals surface area contributed by atoms with Crippen LogP contribution in [0, 0.1) is 28.8 Å². The van der Waals surface area contributed by atoms with Crippen molar-refractivity contribution in [2.45, 2.75) is 19.0 Å². The van der Waals surface area contributed by atoms with Gasteiger partial charge in [0.15, 0.2) is 17.5 Å². The third-order valence-corrected chi connectivity index (χ3v) is 5.04. The summed E-state index contributed by atoms with van der Waals surface area (Å²) in [6, 6.07) is 13.7. The first-order valence-corrected chi connectivity index (χ1v) is 8.89. The molecule has 0 N–H and O–H groups in total. The number of fused-ring (bicyclic) bond motifs is 2. The minimum atomic E-state index is -5.38. The first-order valence-electron chi connectivity index (χ1n) is 8.89. The van der Waals surface area contributed by atoms with Gasteiger partial charge in [-0.25, -0.2) is 13.2 Å². The van der Waals surface area contributed by atoms with Crippen molar-refractivity contribution < 1.29 is 26.3 Å². The zero-order valence-electron chi connectivity index (χ0n) is 15.2. The van der Waals surface area contributed by atoms with E-state index in [0.29, 0.717) is 24.0 Å². The van der Waals surface area contributed by atoms with Crippen molar-refractivity contribution in [1.29, 1.82) is 5.26 Å². The third kappa shape index (κ3) is 2.98. The lowest BCUT2D eigenvalue weighted by atomic mass is 10.0. The normalized spacial score (nSPS) is 13.3. The maximum absolute atomic E-state index is 15.1. The number of para-hydroxylation sites is 2. The molecule has 2 nitrogen and oxygen atoms in total. The molecule has 0 atom stereocenters. The van der Waals surface area contributed by atoms with E-state index in [0.717, 1.165) is 11.0 Å². The molecule has 0 aromatic heterocycles. The summed E-state index contributed by atoms with van der Waals surface area (Å²) in [5, 5.41) is 8.90. The fraction of sp³-hybridized carbons (Fsp3) is 0.136. The molecule has 1 aliphatic rings. The summed E-state index contributed by atoms with van der Waals surface area (Å²) in [7, 11) is 0. The van der Waals surface area contributed by atoms with Gasteiger partial charge in [-0.1, -0.05) is 36.4 Å². The summed E-state index contributed by atoms with van der Waals surface area (Å²) >= 11 is 0. The summed E-state index contributed by atoms with van der Waals surface area (Å²) < 4.78 is 85.9. The highest BCUT2D eigenvalue weighted by atomic mass is 19.4. The second kappa shape index (κ2) is 7.10. The Hall–Kier alpha value is -3.47. The van der Waals surface area contributed by atoms with E-state index in [4.69, 9.17) is 5.26 Å². The van der Waals surface area contributed by atoms with E-state index in [-0.39, 0.29) is 11.4 Å². The van der Waals surface area contributed by atoms with Crippen LogP contribution in [0.2, 0.25) is 0 Å². The Kier molecular flexibility index (Phi) is 4.69. The molecule has 0 saturated carbocycles. The van der Waals surface area contributed by atoms with Crippen molar-refractivity contribution in [2.24, 2.45) is 0 Å². The molecule has 3 aromatic carbocycles. The van der Waals surface area contributed by atoms with Gasteiger partial charge in [-0.15, -0.1) is 0 Å². The summed E-state index contributed by atoms with van der Waals surface area (Å²) in [5.74, 6) is -6.04.